The third-order valence-electron chi connectivity index (χ3n) is 4.75. The molecular formula is C18H26N3O6+. The molecule has 2 aliphatic rings. The van der Waals surface area contributed by atoms with Crippen molar-refractivity contribution in [2.75, 3.05) is 51.5 Å². The zero-order valence-corrected chi connectivity index (χ0v) is 15.2. The minimum atomic E-state index is -1.23. The zero-order chi connectivity index (χ0) is 19.1. The Labute approximate surface area is 157 Å². The van der Waals surface area contributed by atoms with E-state index in [2.05, 4.69) is 5.32 Å². The first kappa shape index (κ1) is 19.4. The van der Waals surface area contributed by atoms with E-state index >= 15 is 0 Å². The first-order valence-corrected chi connectivity index (χ1v) is 9.27. The highest BCUT2D eigenvalue weighted by Gasteiger charge is 2.20. The summed E-state index contributed by atoms with van der Waals surface area (Å²) in [5.74, 6) is -0.426. The number of hydrogen-bond acceptors (Lipinski definition) is 6. The predicted octanol–water partition coefficient (Wildman–Crippen LogP) is -3.27. The number of carboxylic acids is 1. The van der Waals surface area contributed by atoms with Crippen LogP contribution in [0.3, 0.4) is 0 Å². The molecule has 0 bridgehead atoms. The third-order valence-corrected chi connectivity index (χ3v) is 4.75. The summed E-state index contributed by atoms with van der Waals surface area (Å²) >= 11 is 0. The summed E-state index contributed by atoms with van der Waals surface area (Å²) in [4.78, 5) is 25.0. The van der Waals surface area contributed by atoms with Gasteiger partial charge in [-0.15, -0.1) is 0 Å². The first-order chi connectivity index (χ1) is 13.1. The smallest absolute Gasteiger partial charge is 0.231 e. The highest BCUT2D eigenvalue weighted by molar-refractivity contribution is 5.93. The van der Waals surface area contributed by atoms with E-state index in [1.54, 1.807) is 23.5 Å². The number of quaternary nitrogens is 2. The molecule has 2 heterocycles. The number of morpholine rings is 1. The molecule has 1 saturated heterocycles. The molecule has 1 amide bonds. The molecule has 2 aliphatic heterocycles. The number of aliphatic carboxylic acids is 1. The van der Waals surface area contributed by atoms with Crippen LogP contribution in [0.4, 0.5) is 5.69 Å². The number of benzene rings is 1. The van der Waals surface area contributed by atoms with Crippen molar-refractivity contribution in [2.45, 2.75) is 18.9 Å². The van der Waals surface area contributed by atoms with Crippen LogP contribution in [0.25, 0.3) is 0 Å². The Hall–Kier alpha value is -2.36. The number of nitrogens with two attached hydrogens (primary N) is 1. The molecule has 1 fully saturated rings. The molecule has 148 valence electrons. The van der Waals surface area contributed by atoms with Gasteiger partial charge in [-0.2, -0.15) is 0 Å². The highest BCUT2D eigenvalue weighted by atomic mass is 16.7. The quantitative estimate of drug-likeness (QED) is 0.387. The Morgan fingerprint density at radius 2 is 2.00 bits per heavy atom. The monoisotopic (exact) mass is 380 g/mol. The van der Waals surface area contributed by atoms with Crippen LogP contribution in [-0.2, 0) is 14.3 Å². The Kier molecular flexibility index (Phi) is 6.86. The largest absolute Gasteiger partial charge is 0.544 e. The fraction of sp³-hybridized carbons (Fsp3) is 0.556. The SMILES string of the molecule is O=C(C[C@H]([NH2+]CCC[NH+]1CCOCC1)C(=O)[O-])Nc1ccc2c(c1)OCO2. The standard InChI is InChI=1S/C18H25N3O6/c22-17(20-13-2-3-15-16(10-13)27-12-26-15)11-14(18(23)24)19-4-1-5-21-6-8-25-9-7-21/h2-3,10,14,19H,1,4-9,11-12H2,(H,20,22)(H,23,24)/p+1/t14-/m0/s1. The lowest BCUT2D eigenvalue weighted by molar-refractivity contribution is -0.909. The van der Waals surface area contributed by atoms with Crippen LogP contribution in [-0.4, -0.2) is 64.1 Å². The van der Waals surface area contributed by atoms with Gasteiger partial charge in [0.2, 0.25) is 12.7 Å². The summed E-state index contributed by atoms with van der Waals surface area (Å²) < 4.78 is 15.8. The molecule has 1 aromatic carbocycles. The first-order valence-electron chi connectivity index (χ1n) is 9.27. The number of ether oxygens (including phenoxy) is 3. The van der Waals surface area contributed by atoms with Crippen molar-refractivity contribution < 1.29 is 39.1 Å². The van der Waals surface area contributed by atoms with Crippen LogP contribution < -0.4 is 30.1 Å². The van der Waals surface area contributed by atoms with E-state index in [0.29, 0.717) is 23.7 Å². The van der Waals surface area contributed by atoms with Crippen molar-refractivity contribution in [3.8, 4) is 11.5 Å². The molecule has 4 N–H and O–H groups in total. The number of carbonyl (C=O) groups is 2. The molecule has 1 aromatic rings. The second-order valence-electron chi connectivity index (χ2n) is 6.74. The van der Waals surface area contributed by atoms with Gasteiger partial charge in [0.15, 0.2) is 11.5 Å². The molecule has 1 atom stereocenters. The summed E-state index contributed by atoms with van der Waals surface area (Å²) in [7, 11) is 0. The molecular weight excluding hydrogens is 354 g/mol. The highest BCUT2D eigenvalue weighted by Crippen LogP contribution is 2.34. The summed E-state index contributed by atoms with van der Waals surface area (Å²) in [6.07, 6.45) is 0.726. The summed E-state index contributed by atoms with van der Waals surface area (Å²) in [6, 6.07) is 4.14. The topological polar surface area (TPSA) is 118 Å². The van der Waals surface area contributed by atoms with E-state index < -0.39 is 12.0 Å². The molecule has 27 heavy (non-hydrogen) atoms. The van der Waals surface area contributed by atoms with E-state index in [4.69, 9.17) is 14.2 Å². The molecule has 0 radical (unpaired) electrons. The Morgan fingerprint density at radius 3 is 2.78 bits per heavy atom. The van der Waals surface area contributed by atoms with E-state index in [1.807, 2.05) is 0 Å². The Morgan fingerprint density at radius 1 is 1.22 bits per heavy atom. The number of nitrogens with one attached hydrogen (secondary N) is 2. The third kappa shape index (κ3) is 5.81. The second kappa shape index (κ2) is 9.54. The lowest BCUT2D eigenvalue weighted by Crippen LogP contribution is -3.14. The average Bonchev–Trinajstić information content (AvgIpc) is 3.12. The van der Waals surface area contributed by atoms with Gasteiger partial charge < -0.3 is 39.6 Å². The lowest BCUT2D eigenvalue weighted by Gasteiger charge is -2.23. The molecule has 0 spiro atoms. The van der Waals surface area contributed by atoms with Gasteiger partial charge in [-0.1, -0.05) is 0 Å². The van der Waals surface area contributed by atoms with E-state index in [9.17, 15) is 14.7 Å². The molecule has 0 unspecified atom stereocenters. The van der Waals surface area contributed by atoms with Gasteiger partial charge in [0.05, 0.1) is 38.7 Å². The number of fused-ring (bicyclic) bond motifs is 1. The van der Waals surface area contributed by atoms with Crippen LogP contribution >= 0.6 is 0 Å². The number of carbonyl (C=O) groups excluding carboxylic acids is 2. The molecule has 9 nitrogen and oxygen atoms in total. The van der Waals surface area contributed by atoms with Gasteiger partial charge in [-0.25, -0.2) is 0 Å². The maximum absolute atomic E-state index is 12.2. The molecule has 9 heteroatoms. The number of rotatable bonds is 9. The van der Waals surface area contributed by atoms with E-state index in [1.165, 1.54) is 4.90 Å². The van der Waals surface area contributed by atoms with Crippen molar-refractivity contribution in [1.82, 2.24) is 0 Å². The number of anilines is 1. The summed E-state index contributed by atoms with van der Waals surface area (Å²) in [5.41, 5.74) is 0.539. The maximum Gasteiger partial charge on any atom is 0.231 e. The fourth-order valence-electron chi connectivity index (χ4n) is 3.23. The molecule has 3 rings (SSSR count). The van der Waals surface area contributed by atoms with Gasteiger partial charge in [-0.05, 0) is 12.1 Å². The van der Waals surface area contributed by atoms with Crippen molar-refractivity contribution >= 4 is 17.6 Å². The van der Waals surface area contributed by atoms with Crippen LogP contribution in [0.1, 0.15) is 12.8 Å². The van der Waals surface area contributed by atoms with Crippen LogP contribution in [0.15, 0.2) is 18.2 Å². The summed E-state index contributed by atoms with van der Waals surface area (Å²) in [5, 5.41) is 15.7. The second-order valence-corrected chi connectivity index (χ2v) is 6.74. The minimum absolute atomic E-state index is 0.152. The minimum Gasteiger partial charge on any atom is -0.544 e. The van der Waals surface area contributed by atoms with Gasteiger partial charge >= 0.3 is 0 Å². The molecule has 0 aliphatic carbocycles. The van der Waals surface area contributed by atoms with Gasteiger partial charge in [0.25, 0.3) is 0 Å². The maximum atomic E-state index is 12.2. The summed E-state index contributed by atoms with van der Waals surface area (Å²) in [6.45, 7) is 5.30. The van der Waals surface area contributed by atoms with Crippen LogP contribution in [0.2, 0.25) is 0 Å². The molecule has 0 saturated carbocycles. The van der Waals surface area contributed by atoms with Crippen molar-refractivity contribution in [2.24, 2.45) is 0 Å². The Balaban J connectivity index is 1.41. The Bertz CT molecular complexity index is 662. The van der Waals surface area contributed by atoms with Gasteiger partial charge in [0, 0.05) is 18.2 Å². The zero-order valence-electron chi connectivity index (χ0n) is 15.2. The van der Waals surface area contributed by atoms with Gasteiger partial charge in [-0.3, -0.25) is 4.79 Å². The van der Waals surface area contributed by atoms with Crippen molar-refractivity contribution in [1.29, 1.82) is 0 Å². The van der Waals surface area contributed by atoms with Crippen molar-refractivity contribution in [3.05, 3.63) is 18.2 Å². The van der Waals surface area contributed by atoms with Crippen molar-refractivity contribution in [3.63, 3.8) is 0 Å². The van der Waals surface area contributed by atoms with Gasteiger partial charge in [0.1, 0.15) is 19.1 Å². The lowest BCUT2D eigenvalue weighted by atomic mass is 10.2. The normalized spacial score (nSPS) is 17.5. The number of hydrogen-bond donors (Lipinski definition) is 3. The number of carboxylic acid groups (broad SMARTS) is 1. The fourth-order valence-corrected chi connectivity index (χ4v) is 3.23. The van der Waals surface area contributed by atoms with Crippen LogP contribution in [0, 0.1) is 0 Å². The predicted molar refractivity (Wildman–Crippen MR) is 92.4 cm³/mol. The van der Waals surface area contributed by atoms with Crippen LogP contribution in [0.5, 0.6) is 11.5 Å². The van der Waals surface area contributed by atoms with E-state index in [0.717, 1.165) is 39.3 Å². The average molecular weight is 380 g/mol. The molecule has 0 aromatic heterocycles. The number of amides is 1. The van der Waals surface area contributed by atoms with E-state index in [-0.39, 0.29) is 19.1 Å².